The van der Waals surface area contributed by atoms with E-state index in [2.05, 4.69) is 10.3 Å². The lowest BCUT2D eigenvalue weighted by Gasteiger charge is -2.02. The number of nitriles is 1. The van der Waals surface area contributed by atoms with E-state index < -0.39 is 6.04 Å². The Morgan fingerprint density at radius 2 is 2.62 bits per heavy atom. The van der Waals surface area contributed by atoms with Crippen molar-refractivity contribution in [2.45, 2.75) is 13.0 Å². The van der Waals surface area contributed by atoms with Crippen LogP contribution >= 0.6 is 22.9 Å². The third-order valence-corrected chi connectivity index (χ3v) is 2.38. The molecule has 0 aliphatic carbocycles. The van der Waals surface area contributed by atoms with E-state index in [1.54, 1.807) is 12.3 Å². The summed E-state index contributed by atoms with van der Waals surface area (Å²) < 4.78 is 0. The van der Waals surface area contributed by atoms with Gasteiger partial charge in [0.15, 0.2) is 5.01 Å². The number of amides is 1. The van der Waals surface area contributed by atoms with Gasteiger partial charge in [0.2, 0.25) is 0 Å². The summed E-state index contributed by atoms with van der Waals surface area (Å²) in [6.07, 6.45) is 0. The summed E-state index contributed by atoms with van der Waals surface area (Å²) in [7, 11) is 0. The highest BCUT2D eigenvalue weighted by Crippen LogP contribution is 2.13. The molecule has 0 aliphatic rings. The molecule has 1 aromatic heterocycles. The van der Waals surface area contributed by atoms with E-state index in [9.17, 15) is 4.79 Å². The Hall–Kier alpha value is -1.12. The van der Waals surface area contributed by atoms with Crippen LogP contribution in [0.25, 0.3) is 0 Å². The maximum absolute atomic E-state index is 11.3. The number of hydrogen-bond donors (Lipinski definition) is 1. The first-order chi connectivity index (χ1) is 6.13. The first kappa shape index (κ1) is 9.96. The second-order valence-corrected chi connectivity index (χ2v) is 3.54. The zero-order chi connectivity index (χ0) is 9.84. The zero-order valence-electron chi connectivity index (χ0n) is 6.74. The van der Waals surface area contributed by atoms with Crippen LogP contribution in [-0.2, 0) is 0 Å². The topological polar surface area (TPSA) is 65.8 Å². The molecule has 0 radical (unpaired) electrons. The van der Waals surface area contributed by atoms with Gasteiger partial charge in [-0.2, -0.15) is 5.26 Å². The molecule has 6 heteroatoms. The summed E-state index contributed by atoms with van der Waals surface area (Å²) in [6.45, 7) is 1.59. The van der Waals surface area contributed by atoms with Crippen molar-refractivity contribution in [1.29, 1.82) is 5.26 Å². The van der Waals surface area contributed by atoms with Crippen LogP contribution in [0.5, 0.6) is 0 Å². The number of carbonyl (C=O) groups excluding carboxylic acids is 1. The van der Waals surface area contributed by atoms with Crippen molar-refractivity contribution >= 4 is 28.8 Å². The Kier molecular flexibility index (Phi) is 3.23. The predicted octanol–water partition coefficient (Wildman–Crippen LogP) is 1.44. The van der Waals surface area contributed by atoms with Crippen molar-refractivity contribution in [3.8, 4) is 6.07 Å². The third kappa shape index (κ3) is 2.68. The lowest BCUT2D eigenvalue weighted by atomic mass is 10.4. The lowest BCUT2D eigenvalue weighted by Crippen LogP contribution is -2.31. The first-order valence-corrected chi connectivity index (χ1v) is 4.70. The van der Waals surface area contributed by atoms with E-state index in [-0.39, 0.29) is 10.9 Å². The molecular weight excluding hydrogens is 210 g/mol. The van der Waals surface area contributed by atoms with E-state index in [0.29, 0.717) is 5.15 Å². The molecule has 0 aromatic carbocycles. The maximum Gasteiger partial charge on any atom is 0.281 e. The molecule has 0 unspecified atom stereocenters. The molecule has 1 amide bonds. The second kappa shape index (κ2) is 4.21. The van der Waals surface area contributed by atoms with Gasteiger partial charge in [-0.05, 0) is 6.92 Å². The Bertz CT molecular complexity index is 357. The van der Waals surface area contributed by atoms with E-state index >= 15 is 0 Å². The van der Waals surface area contributed by atoms with Crippen molar-refractivity contribution in [1.82, 2.24) is 10.3 Å². The van der Waals surface area contributed by atoms with Crippen LogP contribution in [0.15, 0.2) is 5.38 Å². The summed E-state index contributed by atoms with van der Waals surface area (Å²) in [5.41, 5.74) is 0. The van der Waals surface area contributed by atoms with Crippen LogP contribution in [0, 0.1) is 11.3 Å². The molecule has 0 fully saturated rings. The van der Waals surface area contributed by atoms with Gasteiger partial charge in [0, 0.05) is 5.38 Å². The molecule has 4 nitrogen and oxygen atoms in total. The fourth-order valence-corrected chi connectivity index (χ4v) is 1.50. The normalized spacial score (nSPS) is 11.8. The molecule has 0 aliphatic heterocycles. The number of hydrogen-bond acceptors (Lipinski definition) is 4. The zero-order valence-corrected chi connectivity index (χ0v) is 8.32. The average Bonchev–Trinajstić information content (AvgIpc) is 2.51. The number of thiazole rings is 1. The summed E-state index contributed by atoms with van der Waals surface area (Å²) in [4.78, 5) is 15.0. The Balaban J connectivity index is 2.65. The van der Waals surface area contributed by atoms with Crippen molar-refractivity contribution in [2.24, 2.45) is 0 Å². The highest BCUT2D eigenvalue weighted by Gasteiger charge is 2.12. The third-order valence-electron chi connectivity index (χ3n) is 1.21. The van der Waals surface area contributed by atoms with Crippen molar-refractivity contribution < 1.29 is 4.79 Å². The number of halogens is 1. The fraction of sp³-hybridized carbons (Fsp3) is 0.286. The minimum Gasteiger partial charge on any atom is -0.334 e. The summed E-state index contributed by atoms with van der Waals surface area (Å²) in [5.74, 6) is -0.369. The molecule has 0 spiro atoms. The first-order valence-electron chi connectivity index (χ1n) is 3.45. The molecule has 1 heterocycles. The molecule has 1 rings (SSSR count). The smallest absolute Gasteiger partial charge is 0.281 e. The number of carbonyl (C=O) groups is 1. The molecule has 68 valence electrons. The molecule has 1 aromatic rings. The van der Waals surface area contributed by atoms with Crippen LogP contribution in [0.4, 0.5) is 0 Å². The monoisotopic (exact) mass is 215 g/mol. The van der Waals surface area contributed by atoms with Gasteiger partial charge in [-0.15, -0.1) is 11.3 Å². The summed E-state index contributed by atoms with van der Waals surface area (Å²) in [6, 6.07) is 1.37. The predicted molar refractivity (Wildman–Crippen MR) is 49.7 cm³/mol. The Labute approximate surface area is 84.2 Å². The summed E-state index contributed by atoms with van der Waals surface area (Å²) in [5, 5.41) is 13.0. The van der Waals surface area contributed by atoms with Gasteiger partial charge in [-0.1, -0.05) is 11.6 Å². The molecular formula is C7H6ClN3OS. The van der Waals surface area contributed by atoms with E-state index in [0.717, 1.165) is 11.3 Å². The van der Waals surface area contributed by atoms with Gasteiger partial charge in [-0.3, -0.25) is 4.79 Å². The van der Waals surface area contributed by atoms with Gasteiger partial charge in [0.05, 0.1) is 6.07 Å². The SMILES string of the molecule is C[C@H](C#N)NC(=O)c1nc(Cl)cs1. The van der Waals surface area contributed by atoms with Crippen LogP contribution in [0.1, 0.15) is 16.7 Å². The van der Waals surface area contributed by atoms with E-state index in [1.807, 2.05) is 6.07 Å². The number of nitrogens with zero attached hydrogens (tertiary/aromatic N) is 2. The Morgan fingerprint density at radius 1 is 1.92 bits per heavy atom. The van der Waals surface area contributed by atoms with Crippen molar-refractivity contribution in [3.63, 3.8) is 0 Å². The highest BCUT2D eigenvalue weighted by molar-refractivity contribution is 7.12. The number of nitrogens with one attached hydrogen (secondary N) is 1. The minimum atomic E-state index is -0.518. The number of aromatic nitrogens is 1. The van der Waals surface area contributed by atoms with Crippen molar-refractivity contribution in [3.05, 3.63) is 15.5 Å². The molecule has 0 saturated carbocycles. The maximum atomic E-state index is 11.3. The van der Waals surface area contributed by atoms with Crippen LogP contribution < -0.4 is 5.32 Å². The second-order valence-electron chi connectivity index (χ2n) is 2.30. The Morgan fingerprint density at radius 3 is 3.08 bits per heavy atom. The van der Waals surface area contributed by atoms with Gasteiger partial charge in [-0.25, -0.2) is 4.98 Å². The van der Waals surface area contributed by atoms with Crippen molar-refractivity contribution in [2.75, 3.05) is 0 Å². The van der Waals surface area contributed by atoms with Gasteiger partial charge in [0.1, 0.15) is 11.2 Å². The minimum absolute atomic E-state index is 0.270. The summed E-state index contributed by atoms with van der Waals surface area (Å²) >= 11 is 6.67. The molecule has 0 bridgehead atoms. The molecule has 0 saturated heterocycles. The molecule has 13 heavy (non-hydrogen) atoms. The van der Waals surface area contributed by atoms with Crippen LogP contribution in [0.2, 0.25) is 5.15 Å². The van der Waals surface area contributed by atoms with Gasteiger partial charge in [0.25, 0.3) is 5.91 Å². The van der Waals surface area contributed by atoms with E-state index in [1.165, 1.54) is 0 Å². The molecule has 1 atom stereocenters. The fourth-order valence-electron chi connectivity index (χ4n) is 0.649. The lowest BCUT2D eigenvalue weighted by molar-refractivity contribution is 0.0947. The largest absolute Gasteiger partial charge is 0.334 e. The quantitative estimate of drug-likeness (QED) is 0.812. The van der Waals surface area contributed by atoms with Gasteiger partial charge < -0.3 is 5.32 Å². The van der Waals surface area contributed by atoms with Crippen LogP contribution in [-0.4, -0.2) is 16.9 Å². The van der Waals surface area contributed by atoms with Gasteiger partial charge >= 0.3 is 0 Å². The van der Waals surface area contributed by atoms with E-state index in [4.69, 9.17) is 16.9 Å². The van der Waals surface area contributed by atoms with Crippen LogP contribution in [0.3, 0.4) is 0 Å². The average molecular weight is 216 g/mol. The number of rotatable bonds is 2. The highest BCUT2D eigenvalue weighted by atomic mass is 35.5. The molecule has 1 N–H and O–H groups in total. The standard InChI is InChI=1S/C7H6ClN3OS/c1-4(2-9)10-6(12)7-11-5(8)3-13-7/h3-4H,1H3,(H,10,12)/t4-/m1/s1.